The molecule has 0 saturated carbocycles. The van der Waals surface area contributed by atoms with E-state index in [4.69, 9.17) is 42.6 Å². The molecule has 0 amide bonds. The van der Waals surface area contributed by atoms with Crippen LogP contribution in [0.5, 0.6) is 28.7 Å². The Bertz CT molecular complexity index is 1350. The van der Waals surface area contributed by atoms with Crippen molar-refractivity contribution in [2.45, 2.75) is 55.9 Å². The van der Waals surface area contributed by atoms with Crippen LogP contribution in [0.25, 0.3) is 0 Å². The second-order valence-electron chi connectivity index (χ2n) is 11.0. The molecule has 7 rings (SSSR count). The van der Waals surface area contributed by atoms with Gasteiger partial charge in [0, 0.05) is 11.8 Å². The van der Waals surface area contributed by atoms with E-state index < -0.39 is 66.8 Å². The largest absolute Gasteiger partial charge is 0.502 e. The highest BCUT2D eigenvalue weighted by molar-refractivity contribution is 5.79. The summed E-state index contributed by atoms with van der Waals surface area (Å²) in [6, 6.07) is 6.93. The number of aliphatic hydroxyl groups excluding tert-OH is 2. The maximum absolute atomic E-state index is 13.4. The number of aliphatic hydroxyl groups is 2. The third kappa shape index (κ3) is 4.26. The summed E-state index contributed by atoms with van der Waals surface area (Å²) in [6.07, 6.45) is -6.80. The second kappa shape index (κ2) is 10.4. The number of rotatable bonds is 5. The number of fused-ring (bicyclic) bond motifs is 4. The first-order chi connectivity index (χ1) is 20.3. The Morgan fingerprint density at radius 3 is 2.26 bits per heavy atom. The van der Waals surface area contributed by atoms with Crippen molar-refractivity contribution in [2.75, 3.05) is 34.2 Å². The fraction of sp³-hybridized carbons (Fsp3) is 0.552. The molecule has 13 heteroatoms. The zero-order valence-corrected chi connectivity index (χ0v) is 23.1. The van der Waals surface area contributed by atoms with Gasteiger partial charge in [0.2, 0.25) is 12.5 Å². The van der Waals surface area contributed by atoms with Crippen LogP contribution in [0.1, 0.15) is 35.6 Å². The number of phenols is 1. The van der Waals surface area contributed by atoms with Crippen molar-refractivity contribution < 1.29 is 62.7 Å². The number of phenolic OH excluding ortho intramolecular Hbond substituents is 1. The van der Waals surface area contributed by atoms with Gasteiger partial charge in [-0.1, -0.05) is 0 Å². The Morgan fingerprint density at radius 1 is 0.881 bits per heavy atom. The molecule has 1 aliphatic carbocycles. The lowest BCUT2D eigenvalue weighted by Crippen LogP contribution is -2.63. The number of esters is 1. The predicted octanol–water partition coefficient (Wildman–Crippen LogP) is 1.34. The van der Waals surface area contributed by atoms with Gasteiger partial charge in [-0.15, -0.1) is 0 Å². The van der Waals surface area contributed by atoms with Gasteiger partial charge in [0.1, 0.15) is 24.4 Å². The van der Waals surface area contributed by atoms with Crippen LogP contribution < -0.4 is 18.9 Å². The van der Waals surface area contributed by atoms with Crippen molar-refractivity contribution in [2.24, 2.45) is 11.8 Å². The first-order valence-corrected chi connectivity index (χ1v) is 13.8. The van der Waals surface area contributed by atoms with Gasteiger partial charge in [-0.2, -0.15) is 0 Å². The minimum Gasteiger partial charge on any atom is -0.502 e. The number of hydrogen-bond acceptors (Lipinski definition) is 13. The summed E-state index contributed by atoms with van der Waals surface area (Å²) in [5.41, 5.74) is 2.01. The Balaban J connectivity index is 1.32. The molecule has 3 N–H and O–H groups in total. The Morgan fingerprint density at radius 2 is 1.57 bits per heavy atom. The molecule has 0 aromatic heterocycles. The van der Waals surface area contributed by atoms with Crippen LogP contribution in [-0.2, 0) is 28.5 Å². The molecular weight excluding hydrogens is 556 g/mol. The van der Waals surface area contributed by atoms with Crippen molar-refractivity contribution in [3.8, 4) is 28.7 Å². The highest BCUT2D eigenvalue weighted by Crippen LogP contribution is 2.57. The van der Waals surface area contributed by atoms with E-state index in [1.165, 1.54) is 14.2 Å². The number of carbonyl (C=O) groups excluding carboxylic acids is 1. The summed E-state index contributed by atoms with van der Waals surface area (Å²) in [5, 5.41) is 32.5. The third-order valence-electron chi connectivity index (χ3n) is 8.75. The summed E-state index contributed by atoms with van der Waals surface area (Å²) in [7, 11) is 2.86. The van der Waals surface area contributed by atoms with Gasteiger partial charge >= 0.3 is 5.97 Å². The van der Waals surface area contributed by atoms with Gasteiger partial charge in [0.25, 0.3) is 0 Å². The smallest absolute Gasteiger partial charge is 0.310 e. The first-order valence-electron chi connectivity index (χ1n) is 13.8. The molecule has 4 heterocycles. The molecule has 0 spiro atoms. The van der Waals surface area contributed by atoms with Crippen molar-refractivity contribution >= 4 is 5.97 Å². The van der Waals surface area contributed by atoms with Crippen LogP contribution >= 0.6 is 0 Å². The molecule has 2 aromatic carbocycles. The van der Waals surface area contributed by atoms with Crippen LogP contribution in [0.4, 0.5) is 0 Å². The molecule has 0 unspecified atom stereocenters. The van der Waals surface area contributed by atoms with E-state index in [1.54, 1.807) is 31.2 Å². The summed E-state index contributed by atoms with van der Waals surface area (Å²) < 4.78 is 51.5. The molecule has 3 fully saturated rings. The van der Waals surface area contributed by atoms with E-state index >= 15 is 0 Å². The minimum absolute atomic E-state index is 0.0301. The summed E-state index contributed by atoms with van der Waals surface area (Å²) in [4.78, 5) is 13.4. The standard InChI is InChI=1S/C29H32O13/c1-11-36-9-20-27(40-11)24(31)25(32)29(41-20)42-26-14-7-17-16(38-10-39-17)6-13(14)21(22-15(26)8-37-28(22)33)12-4-18(34-2)23(30)19(5-12)35-3/h4-7,11,15,20-22,24-27,29-32H,8-10H2,1-3H3/t11-,15-,20+,21+,22+,24-,25+,26+,27+,29-/m0/s1. The summed E-state index contributed by atoms with van der Waals surface area (Å²) in [5.74, 6) is -1.02. The van der Waals surface area contributed by atoms with E-state index in [1.807, 2.05) is 0 Å². The average molecular weight is 589 g/mol. The SMILES string of the molecule is COc1cc([C@@H]2c3cc4c(cc3[C@@H](O[C@@H]3O[C@@H]5CO[C@H](C)O[C@H]5[C@@H](O)[C@H]3O)[C@H]3COC(=O)[C@@H]23)OCO4)cc(OC)c1O. The quantitative estimate of drug-likeness (QED) is 0.430. The average Bonchev–Trinajstić information content (AvgIpc) is 3.61. The Kier molecular flexibility index (Phi) is 6.83. The van der Waals surface area contributed by atoms with Crippen LogP contribution in [0.15, 0.2) is 24.3 Å². The molecule has 226 valence electrons. The third-order valence-corrected chi connectivity index (χ3v) is 8.75. The van der Waals surface area contributed by atoms with Crippen molar-refractivity contribution in [1.29, 1.82) is 0 Å². The Labute approximate surface area is 240 Å². The van der Waals surface area contributed by atoms with Gasteiger partial charge in [-0.25, -0.2) is 0 Å². The molecule has 0 bridgehead atoms. The molecule has 42 heavy (non-hydrogen) atoms. The van der Waals surface area contributed by atoms with Crippen LogP contribution in [0.2, 0.25) is 0 Å². The van der Waals surface area contributed by atoms with E-state index in [0.717, 1.165) is 0 Å². The Hall–Kier alpha value is -3.33. The van der Waals surface area contributed by atoms with E-state index in [0.29, 0.717) is 28.2 Å². The molecule has 4 aliphatic heterocycles. The molecule has 3 saturated heterocycles. The topological polar surface area (TPSA) is 161 Å². The van der Waals surface area contributed by atoms with Crippen molar-refractivity contribution in [1.82, 2.24) is 0 Å². The van der Waals surface area contributed by atoms with Gasteiger partial charge < -0.3 is 58.0 Å². The highest BCUT2D eigenvalue weighted by atomic mass is 16.8. The fourth-order valence-electron chi connectivity index (χ4n) is 6.74. The number of cyclic esters (lactones) is 1. The van der Waals surface area contributed by atoms with Crippen LogP contribution in [0, 0.1) is 11.8 Å². The van der Waals surface area contributed by atoms with Crippen molar-refractivity contribution in [3.63, 3.8) is 0 Å². The van der Waals surface area contributed by atoms with Gasteiger partial charge in [0.15, 0.2) is 35.6 Å². The van der Waals surface area contributed by atoms with Gasteiger partial charge in [-0.3, -0.25) is 4.79 Å². The predicted molar refractivity (Wildman–Crippen MR) is 138 cm³/mol. The molecule has 0 radical (unpaired) electrons. The molecule has 10 atom stereocenters. The molecular formula is C29H32O13. The summed E-state index contributed by atoms with van der Waals surface area (Å²) >= 11 is 0. The minimum atomic E-state index is -1.44. The number of benzene rings is 2. The number of aromatic hydroxyl groups is 1. The maximum Gasteiger partial charge on any atom is 0.310 e. The van der Waals surface area contributed by atoms with Crippen LogP contribution in [-0.4, -0.2) is 92.5 Å². The lowest BCUT2D eigenvalue weighted by atomic mass is 9.66. The van der Waals surface area contributed by atoms with E-state index in [2.05, 4.69) is 0 Å². The number of carbonyl (C=O) groups is 1. The van der Waals surface area contributed by atoms with Crippen molar-refractivity contribution in [3.05, 3.63) is 41.0 Å². The lowest BCUT2D eigenvalue weighted by Gasteiger charge is -2.47. The zero-order valence-electron chi connectivity index (χ0n) is 23.1. The first kappa shape index (κ1) is 27.5. The van der Waals surface area contributed by atoms with Gasteiger partial charge in [-0.05, 0) is 47.9 Å². The lowest BCUT2D eigenvalue weighted by molar-refractivity contribution is -0.364. The molecule has 5 aliphatic rings. The monoisotopic (exact) mass is 588 g/mol. The number of ether oxygens (including phenoxy) is 9. The molecule has 13 nitrogen and oxygen atoms in total. The fourth-order valence-corrected chi connectivity index (χ4v) is 6.74. The number of hydrogen-bond donors (Lipinski definition) is 3. The number of methoxy groups -OCH3 is 2. The van der Waals surface area contributed by atoms with Gasteiger partial charge in [0.05, 0.1) is 39.5 Å². The molecule has 2 aromatic rings. The zero-order chi connectivity index (χ0) is 29.3. The maximum atomic E-state index is 13.4. The van der Waals surface area contributed by atoms with E-state index in [-0.39, 0.29) is 37.3 Å². The highest BCUT2D eigenvalue weighted by Gasteiger charge is 2.56. The summed E-state index contributed by atoms with van der Waals surface area (Å²) in [6.45, 7) is 1.93. The van der Waals surface area contributed by atoms with Crippen LogP contribution in [0.3, 0.4) is 0 Å². The normalized spacial score (nSPS) is 36.5. The van der Waals surface area contributed by atoms with E-state index in [9.17, 15) is 20.1 Å². The second-order valence-corrected chi connectivity index (χ2v) is 11.0.